The molecule has 15 heteroatoms. The molecule has 2 aromatic rings. The van der Waals surface area contributed by atoms with Crippen LogP contribution < -0.4 is 10.6 Å². The van der Waals surface area contributed by atoms with E-state index in [4.69, 9.17) is 9.47 Å². The van der Waals surface area contributed by atoms with Gasteiger partial charge in [-0.1, -0.05) is 0 Å². The highest BCUT2D eigenvalue weighted by molar-refractivity contribution is 7.09. The summed E-state index contributed by atoms with van der Waals surface area (Å²) in [7, 11) is 0. The fraction of sp³-hybridized carbons (Fsp3) is 0.500. The number of pyridine rings is 1. The van der Waals surface area contributed by atoms with Gasteiger partial charge in [0.15, 0.2) is 11.6 Å². The van der Waals surface area contributed by atoms with Crippen molar-refractivity contribution in [1.82, 2.24) is 19.6 Å². The number of imide groups is 1. The number of halogens is 3. The van der Waals surface area contributed by atoms with Gasteiger partial charge in [0.2, 0.25) is 0 Å². The molecule has 1 fully saturated rings. The fourth-order valence-corrected chi connectivity index (χ4v) is 4.72. The van der Waals surface area contributed by atoms with Crippen LogP contribution in [-0.2, 0) is 16.0 Å². The van der Waals surface area contributed by atoms with Crippen molar-refractivity contribution in [3.05, 3.63) is 28.7 Å². The predicted molar refractivity (Wildman–Crippen MR) is 124 cm³/mol. The molecule has 3 N–H and O–H groups in total. The number of alkyl carbamates (subject to hydrolysis) is 1. The molecule has 3 amide bonds. The van der Waals surface area contributed by atoms with Crippen LogP contribution in [0.2, 0.25) is 0 Å². The van der Waals surface area contributed by atoms with Gasteiger partial charge >= 0.3 is 12.2 Å². The lowest BCUT2D eigenvalue weighted by molar-refractivity contribution is 0.0317. The first kappa shape index (κ1) is 26.6. The molecule has 11 nitrogen and oxygen atoms in total. The number of fused-ring (bicyclic) bond motifs is 1. The van der Waals surface area contributed by atoms with E-state index in [9.17, 15) is 28.3 Å². The summed E-state index contributed by atoms with van der Waals surface area (Å²) in [6.45, 7) is 4.91. The number of ether oxygens (including phenoxy) is 2. The van der Waals surface area contributed by atoms with Gasteiger partial charge in [-0.3, -0.25) is 4.79 Å². The maximum absolute atomic E-state index is 15.6. The number of alkyl halides is 2. The number of hydrogen-bond donors (Lipinski definition) is 3. The predicted octanol–water partition coefficient (Wildman–Crippen LogP) is 4.01. The molecule has 200 valence electrons. The summed E-state index contributed by atoms with van der Waals surface area (Å²) < 4.78 is 56.3. The largest absolute Gasteiger partial charge is 0.465 e. The first-order valence-electron chi connectivity index (χ1n) is 11.2. The summed E-state index contributed by atoms with van der Waals surface area (Å²) in [5, 5.41) is 15.0. The minimum atomic E-state index is -2.88. The van der Waals surface area contributed by atoms with Crippen LogP contribution in [0.3, 0.4) is 0 Å². The molecular weight excluding hydrogens is 519 g/mol. The van der Waals surface area contributed by atoms with Crippen LogP contribution in [0, 0.1) is 5.82 Å². The number of nitrogens with one attached hydrogen (secondary N) is 2. The molecule has 0 aromatic carbocycles. The summed E-state index contributed by atoms with van der Waals surface area (Å²) in [6, 6.07) is -0.204. The number of hydrogen-bond acceptors (Lipinski definition) is 9. The number of anilines is 1. The standard InChI is InChI=1S/C22H24F3N5O6S/c1-22(2,3)36-20(32)27-12-8-35-5-4-10(12)26-18-15(23)9-7-30(21(33)34)19(31)14(9)16(28-18)13-6-11(17(24)25)29-37-13/h6,10,12,17H,4-5,7-8H2,1-3H3,(H,26,28)(H,27,32)(H,33,34)/t10-,12+/m1/s1. The van der Waals surface area contributed by atoms with E-state index in [0.29, 0.717) is 29.5 Å². The minimum absolute atomic E-state index is 0.0468. The second-order valence-corrected chi connectivity index (χ2v) is 10.2. The molecule has 37 heavy (non-hydrogen) atoms. The van der Waals surface area contributed by atoms with Gasteiger partial charge in [0, 0.05) is 12.2 Å². The topological polar surface area (TPSA) is 143 Å². The zero-order chi connectivity index (χ0) is 27.1. The molecule has 1 saturated heterocycles. The Morgan fingerprint density at radius 1 is 1.32 bits per heavy atom. The average molecular weight is 544 g/mol. The van der Waals surface area contributed by atoms with Gasteiger partial charge in [0.1, 0.15) is 11.3 Å². The average Bonchev–Trinajstić information content (AvgIpc) is 3.42. The molecule has 4 rings (SSSR count). The molecule has 2 aromatic heterocycles. The smallest absolute Gasteiger partial charge is 0.414 e. The SMILES string of the molecule is CC(C)(C)OC(=O)N[C@H]1COCC[C@H]1Nc1nc(-c2cc(C(F)F)ns2)c2c(c1F)CN(C(=O)O)C2=O. The number of amides is 3. The molecule has 2 aliphatic rings. The molecule has 0 spiro atoms. The van der Waals surface area contributed by atoms with E-state index < -0.39 is 60.3 Å². The fourth-order valence-electron chi connectivity index (χ4n) is 3.98. The highest BCUT2D eigenvalue weighted by Crippen LogP contribution is 2.38. The van der Waals surface area contributed by atoms with Gasteiger partial charge < -0.3 is 25.2 Å². The van der Waals surface area contributed by atoms with Gasteiger partial charge in [-0.2, -0.15) is 4.37 Å². The third-order valence-electron chi connectivity index (χ3n) is 5.61. The molecule has 0 unspecified atom stereocenters. The highest BCUT2D eigenvalue weighted by Gasteiger charge is 2.40. The third kappa shape index (κ3) is 5.61. The van der Waals surface area contributed by atoms with E-state index in [2.05, 4.69) is 20.0 Å². The quantitative estimate of drug-likeness (QED) is 0.510. The number of carbonyl (C=O) groups excluding carboxylic acids is 2. The summed E-state index contributed by atoms with van der Waals surface area (Å²) in [6.07, 6.45) is -4.84. The Kier molecular flexibility index (Phi) is 7.28. The van der Waals surface area contributed by atoms with Gasteiger partial charge in [-0.05, 0) is 44.8 Å². The number of carbonyl (C=O) groups is 3. The molecule has 4 heterocycles. The summed E-state index contributed by atoms with van der Waals surface area (Å²) in [5.74, 6) is -2.31. The Bertz CT molecular complexity index is 1230. The zero-order valence-electron chi connectivity index (χ0n) is 20.0. The van der Waals surface area contributed by atoms with Gasteiger partial charge in [-0.25, -0.2) is 32.6 Å². The molecule has 2 aliphatic heterocycles. The van der Waals surface area contributed by atoms with Crippen LogP contribution in [0.25, 0.3) is 10.6 Å². The lowest BCUT2D eigenvalue weighted by Crippen LogP contribution is -2.53. The maximum Gasteiger partial charge on any atom is 0.414 e. The molecule has 0 saturated carbocycles. The highest BCUT2D eigenvalue weighted by atomic mass is 32.1. The van der Waals surface area contributed by atoms with Crippen LogP contribution in [0.5, 0.6) is 0 Å². The molecule has 0 radical (unpaired) electrons. The molecular formula is C22H24F3N5O6S. The van der Waals surface area contributed by atoms with Crippen LogP contribution in [0.4, 0.5) is 28.6 Å². The summed E-state index contributed by atoms with van der Waals surface area (Å²) in [4.78, 5) is 41.3. The van der Waals surface area contributed by atoms with Gasteiger partial charge in [0.05, 0.1) is 41.4 Å². The third-order valence-corrected chi connectivity index (χ3v) is 6.42. The van der Waals surface area contributed by atoms with Crippen molar-refractivity contribution in [2.24, 2.45) is 0 Å². The van der Waals surface area contributed by atoms with Crippen molar-refractivity contribution in [2.75, 3.05) is 18.5 Å². The maximum atomic E-state index is 15.6. The molecule has 0 bridgehead atoms. The minimum Gasteiger partial charge on any atom is -0.465 e. The lowest BCUT2D eigenvalue weighted by atomic mass is 10.0. The van der Waals surface area contributed by atoms with Crippen LogP contribution in [-0.4, -0.2) is 68.4 Å². The van der Waals surface area contributed by atoms with E-state index in [0.717, 1.165) is 6.07 Å². The van der Waals surface area contributed by atoms with Crippen molar-refractivity contribution in [1.29, 1.82) is 0 Å². The number of aromatic nitrogens is 2. The second kappa shape index (κ2) is 10.1. The molecule has 0 aliphatic carbocycles. The first-order valence-corrected chi connectivity index (χ1v) is 12.0. The Morgan fingerprint density at radius 2 is 2.05 bits per heavy atom. The lowest BCUT2D eigenvalue weighted by Gasteiger charge is -2.33. The van der Waals surface area contributed by atoms with E-state index in [-0.39, 0.29) is 34.1 Å². The summed E-state index contributed by atoms with van der Waals surface area (Å²) >= 11 is 0.629. The number of carboxylic acid groups (broad SMARTS) is 1. The van der Waals surface area contributed by atoms with Crippen LogP contribution >= 0.6 is 11.5 Å². The van der Waals surface area contributed by atoms with E-state index in [1.807, 2.05) is 0 Å². The van der Waals surface area contributed by atoms with Crippen LogP contribution in [0.15, 0.2) is 6.07 Å². The van der Waals surface area contributed by atoms with E-state index in [1.54, 1.807) is 20.8 Å². The number of nitrogens with zero attached hydrogens (tertiary/aromatic N) is 3. The van der Waals surface area contributed by atoms with Gasteiger partial charge in [0.25, 0.3) is 12.3 Å². The second-order valence-electron chi connectivity index (χ2n) is 9.43. The van der Waals surface area contributed by atoms with Gasteiger partial charge in [-0.15, -0.1) is 0 Å². The Hall–Kier alpha value is -3.46. The van der Waals surface area contributed by atoms with Crippen molar-refractivity contribution in [3.8, 4) is 10.6 Å². The van der Waals surface area contributed by atoms with Crippen molar-refractivity contribution in [3.63, 3.8) is 0 Å². The summed E-state index contributed by atoms with van der Waals surface area (Å²) in [5.41, 5.74) is -2.04. The van der Waals surface area contributed by atoms with Crippen molar-refractivity contribution >= 4 is 35.4 Å². The van der Waals surface area contributed by atoms with Crippen LogP contribution in [0.1, 0.15) is 55.2 Å². The zero-order valence-corrected chi connectivity index (χ0v) is 20.8. The Labute approximate surface area is 213 Å². The van der Waals surface area contributed by atoms with E-state index in [1.165, 1.54) is 0 Å². The normalized spacial score (nSPS) is 19.6. The Morgan fingerprint density at radius 3 is 2.68 bits per heavy atom. The Balaban J connectivity index is 1.70. The van der Waals surface area contributed by atoms with E-state index >= 15 is 4.39 Å². The van der Waals surface area contributed by atoms with Crippen molar-refractivity contribution < 1.29 is 42.1 Å². The molecule has 2 atom stereocenters. The number of rotatable bonds is 5. The first-order chi connectivity index (χ1) is 17.4. The monoisotopic (exact) mass is 543 g/mol. The van der Waals surface area contributed by atoms with Crippen molar-refractivity contribution in [2.45, 2.75) is 57.8 Å².